The fraction of sp³-hybridized carbons (Fsp3) is 0.385. The van der Waals surface area contributed by atoms with E-state index >= 15 is 0 Å². The maximum Gasteiger partial charge on any atom is 0.146 e. The Bertz CT molecular complexity index is 399. The predicted octanol–water partition coefficient (Wildman–Crippen LogP) is 2.80. The zero-order chi connectivity index (χ0) is 11.6. The van der Waals surface area contributed by atoms with Crippen molar-refractivity contribution < 1.29 is 4.39 Å². The second-order valence-electron chi connectivity index (χ2n) is 4.33. The summed E-state index contributed by atoms with van der Waals surface area (Å²) in [6.45, 7) is 3.80. The van der Waals surface area contributed by atoms with Crippen molar-refractivity contribution in [3.8, 4) is 12.3 Å². The molecule has 0 radical (unpaired) electrons. The average Bonchev–Trinajstić information content (AvgIpc) is 2.17. The molecule has 1 aromatic rings. The Balaban J connectivity index is 3.19. The van der Waals surface area contributed by atoms with Crippen LogP contribution < -0.4 is 4.90 Å². The molecule has 80 valence electrons. The van der Waals surface area contributed by atoms with Gasteiger partial charge < -0.3 is 4.90 Å². The van der Waals surface area contributed by atoms with Gasteiger partial charge in [0, 0.05) is 14.1 Å². The second-order valence-corrected chi connectivity index (χ2v) is 4.33. The van der Waals surface area contributed by atoms with E-state index in [1.54, 1.807) is 11.0 Å². The van der Waals surface area contributed by atoms with E-state index in [-0.39, 0.29) is 5.82 Å². The van der Waals surface area contributed by atoms with Gasteiger partial charge in [-0.2, -0.15) is 0 Å². The maximum atomic E-state index is 13.7. The molecule has 0 aliphatic carbocycles. The number of anilines is 1. The van der Waals surface area contributed by atoms with Crippen LogP contribution in [0, 0.1) is 18.2 Å². The van der Waals surface area contributed by atoms with Gasteiger partial charge in [0.25, 0.3) is 0 Å². The minimum absolute atomic E-state index is 0.235. The SMILES string of the molecule is C#CC(C)(C)c1ccc(N(C)C)c(F)c1. The third kappa shape index (κ3) is 2.30. The number of hydrogen-bond donors (Lipinski definition) is 0. The molecule has 1 nitrogen and oxygen atoms in total. The van der Waals surface area contributed by atoms with Crippen molar-refractivity contribution in [2.75, 3.05) is 19.0 Å². The lowest BCUT2D eigenvalue weighted by atomic mass is 9.85. The summed E-state index contributed by atoms with van der Waals surface area (Å²) >= 11 is 0. The molecule has 0 aromatic heterocycles. The zero-order valence-corrected chi connectivity index (χ0v) is 9.63. The Morgan fingerprint density at radius 3 is 2.33 bits per heavy atom. The molecule has 0 saturated carbocycles. The summed E-state index contributed by atoms with van der Waals surface area (Å²) in [5.41, 5.74) is 0.978. The quantitative estimate of drug-likeness (QED) is 0.671. The van der Waals surface area contributed by atoms with E-state index in [1.165, 1.54) is 6.07 Å². The first-order valence-corrected chi connectivity index (χ1v) is 4.83. The lowest BCUT2D eigenvalue weighted by Gasteiger charge is -2.20. The topological polar surface area (TPSA) is 3.24 Å². The van der Waals surface area contributed by atoms with Crippen molar-refractivity contribution >= 4 is 5.69 Å². The van der Waals surface area contributed by atoms with Gasteiger partial charge in [0.05, 0.1) is 11.1 Å². The van der Waals surface area contributed by atoms with Gasteiger partial charge in [-0.3, -0.25) is 0 Å². The number of terminal acetylenes is 1. The largest absolute Gasteiger partial charge is 0.375 e. The van der Waals surface area contributed by atoms with Crippen molar-refractivity contribution in [1.29, 1.82) is 0 Å². The molecular weight excluding hydrogens is 189 g/mol. The number of rotatable bonds is 2. The minimum Gasteiger partial charge on any atom is -0.375 e. The molecule has 2 heteroatoms. The first kappa shape index (κ1) is 11.6. The first-order chi connectivity index (χ1) is 6.88. The van der Waals surface area contributed by atoms with Crippen molar-refractivity contribution in [2.45, 2.75) is 19.3 Å². The average molecular weight is 205 g/mol. The van der Waals surface area contributed by atoms with E-state index in [2.05, 4.69) is 5.92 Å². The summed E-state index contributed by atoms with van der Waals surface area (Å²) in [7, 11) is 3.62. The Hall–Kier alpha value is -1.49. The van der Waals surface area contributed by atoms with E-state index in [0.29, 0.717) is 5.69 Å². The van der Waals surface area contributed by atoms with Crippen LogP contribution in [-0.4, -0.2) is 14.1 Å². The third-order valence-corrected chi connectivity index (χ3v) is 2.51. The number of hydrogen-bond acceptors (Lipinski definition) is 1. The van der Waals surface area contributed by atoms with E-state index in [4.69, 9.17) is 6.42 Å². The highest BCUT2D eigenvalue weighted by atomic mass is 19.1. The van der Waals surface area contributed by atoms with Crippen LogP contribution in [0.4, 0.5) is 10.1 Å². The molecule has 1 aromatic carbocycles. The van der Waals surface area contributed by atoms with Crippen LogP contribution in [0.25, 0.3) is 0 Å². The van der Waals surface area contributed by atoms with Gasteiger partial charge in [0.15, 0.2) is 0 Å². The highest BCUT2D eigenvalue weighted by molar-refractivity contribution is 5.49. The van der Waals surface area contributed by atoms with Gasteiger partial charge in [0.1, 0.15) is 5.82 Å². The molecule has 0 N–H and O–H groups in total. The Labute approximate surface area is 90.9 Å². The maximum absolute atomic E-state index is 13.7. The molecule has 0 unspecified atom stereocenters. The Morgan fingerprint density at radius 2 is 1.93 bits per heavy atom. The molecule has 0 aliphatic heterocycles. The fourth-order valence-corrected chi connectivity index (χ4v) is 1.34. The van der Waals surface area contributed by atoms with Crippen LogP contribution in [0.5, 0.6) is 0 Å². The summed E-state index contributed by atoms with van der Waals surface area (Å²) < 4.78 is 13.7. The smallest absolute Gasteiger partial charge is 0.146 e. The zero-order valence-electron chi connectivity index (χ0n) is 9.63. The number of benzene rings is 1. The standard InChI is InChI=1S/C13H16FN/c1-6-13(2,3)10-7-8-12(15(4)5)11(14)9-10/h1,7-9H,2-5H3. The number of halogens is 1. The highest BCUT2D eigenvalue weighted by Gasteiger charge is 2.18. The van der Waals surface area contributed by atoms with Gasteiger partial charge in [-0.1, -0.05) is 12.0 Å². The molecule has 15 heavy (non-hydrogen) atoms. The third-order valence-electron chi connectivity index (χ3n) is 2.51. The lowest BCUT2D eigenvalue weighted by Crippen LogP contribution is -2.16. The molecule has 0 amide bonds. The van der Waals surface area contributed by atoms with Gasteiger partial charge in [0.2, 0.25) is 0 Å². The second kappa shape index (κ2) is 3.94. The predicted molar refractivity (Wildman–Crippen MR) is 62.6 cm³/mol. The lowest BCUT2D eigenvalue weighted by molar-refractivity contribution is 0.613. The van der Waals surface area contributed by atoms with E-state index in [9.17, 15) is 4.39 Å². The molecule has 0 saturated heterocycles. The highest BCUT2D eigenvalue weighted by Crippen LogP contribution is 2.26. The van der Waals surface area contributed by atoms with Crippen molar-refractivity contribution in [3.05, 3.63) is 29.6 Å². The molecule has 1 rings (SSSR count). The van der Waals surface area contributed by atoms with Crippen LogP contribution in [0.1, 0.15) is 19.4 Å². The van der Waals surface area contributed by atoms with E-state index < -0.39 is 5.41 Å². The van der Waals surface area contributed by atoms with E-state index in [1.807, 2.05) is 34.0 Å². The van der Waals surface area contributed by atoms with Gasteiger partial charge >= 0.3 is 0 Å². The fourth-order valence-electron chi connectivity index (χ4n) is 1.34. The minimum atomic E-state index is -0.425. The van der Waals surface area contributed by atoms with Crippen LogP contribution in [0.2, 0.25) is 0 Å². The van der Waals surface area contributed by atoms with Gasteiger partial charge in [-0.25, -0.2) is 4.39 Å². The van der Waals surface area contributed by atoms with Crippen LogP contribution in [0.3, 0.4) is 0 Å². The van der Waals surface area contributed by atoms with Crippen LogP contribution in [-0.2, 0) is 5.41 Å². The Kier molecular flexibility index (Phi) is 3.04. The van der Waals surface area contributed by atoms with Crippen molar-refractivity contribution in [2.24, 2.45) is 0 Å². The first-order valence-electron chi connectivity index (χ1n) is 4.83. The molecule has 0 atom stereocenters. The Morgan fingerprint density at radius 1 is 1.33 bits per heavy atom. The molecule has 0 aliphatic rings. The summed E-state index contributed by atoms with van der Waals surface area (Å²) in [5, 5.41) is 0. The molecular formula is C13H16FN. The summed E-state index contributed by atoms with van der Waals surface area (Å²) in [5.74, 6) is 2.42. The number of nitrogens with zero attached hydrogens (tertiary/aromatic N) is 1. The van der Waals surface area contributed by atoms with Crippen LogP contribution >= 0.6 is 0 Å². The molecule has 0 heterocycles. The van der Waals surface area contributed by atoms with E-state index in [0.717, 1.165) is 5.56 Å². The van der Waals surface area contributed by atoms with Gasteiger partial charge in [-0.15, -0.1) is 6.42 Å². The monoisotopic (exact) mass is 205 g/mol. The summed E-state index contributed by atoms with van der Waals surface area (Å²) in [6.07, 6.45) is 5.40. The summed E-state index contributed by atoms with van der Waals surface area (Å²) in [4.78, 5) is 1.74. The molecule has 0 fully saturated rings. The molecule has 0 spiro atoms. The van der Waals surface area contributed by atoms with Gasteiger partial charge in [-0.05, 0) is 31.5 Å². The van der Waals surface area contributed by atoms with Crippen LogP contribution in [0.15, 0.2) is 18.2 Å². The molecule has 0 bridgehead atoms. The normalized spacial score (nSPS) is 10.9. The van der Waals surface area contributed by atoms with Crippen molar-refractivity contribution in [1.82, 2.24) is 0 Å². The summed E-state index contributed by atoms with van der Waals surface area (Å²) in [6, 6.07) is 5.14. The van der Waals surface area contributed by atoms with Crippen molar-refractivity contribution in [3.63, 3.8) is 0 Å².